The quantitative estimate of drug-likeness (QED) is 0.0520. The highest BCUT2D eigenvalue weighted by Crippen LogP contribution is 2.21. The van der Waals surface area contributed by atoms with Gasteiger partial charge in [0, 0.05) is 26.2 Å². The number of hydrogen-bond donors (Lipinski definition) is 3. The van der Waals surface area contributed by atoms with Gasteiger partial charge in [-0.1, -0.05) is 89.2 Å². The normalized spacial score (nSPS) is 14.5. The Kier molecular flexibility index (Phi) is 20.5. The van der Waals surface area contributed by atoms with E-state index in [0.717, 1.165) is 64.2 Å². The molecule has 10 heteroatoms. The molecule has 0 saturated heterocycles. The van der Waals surface area contributed by atoms with Crippen LogP contribution in [0.2, 0.25) is 0 Å². The van der Waals surface area contributed by atoms with Crippen LogP contribution in [0.4, 0.5) is 9.59 Å². The van der Waals surface area contributed by atoms with E-state index in [-0.39, 0.29) is 13.1 Å². The van der Waals surface area contributed by atoms with Crippen LogP contribution in [-0.4, -0.2) is 75.7 Å². The van der Waals surface area contributed by atoms with E-state index in [0.29, 0.717) is 19.5 Å². The summed E-state index contributed by atoms with van der Waals surface area (Å²) >= 11 is 0. The summed E-state index contributed by atoms with van der Waals surface area (Å²) in [5.41, 5.74) is 0. The maximum atomic E-state index is 12.9. The average Bonchev–Trinajstić information content (AvgIpc) is 3.20. The number of carboxylic acid groups (broad SMARTS) is 1. The monoisotopic (exact) mass is 594 g/mol. The number of carbonyl (C=O) groups excluding carboxylic acids is 2. The molecule has 1 heterocycles. The molecule has 0 aliphatic carbocycles. The molecule has 0 spiro atoms. The fourth-order valence-corrected chi connectivity index (χ4v) is 4.81. The van der Waals surface area contributed by atoms with Crippen molar-refractivity contribution in [1.29, 1.82) is 0 Å². The highest BCUT2D eigenvalue weighted by atomic mass is 16.7. The van der Waals surface area contributed by atoms with Crippen LogP contribution in [0.15, 0.2) is 36.8 Å². The zero-order valence-corrected chi connectivity index (χ0v) is 25.5. The molecule has 2 amide bonds. The zero-order valence-electron chi connectivity index (χ0n) is 25.5. The highest BCUT2D eigenvalue weighted by Gasteiger charge is 2.38. The van der Waals surface area contributed by atoms with Crippen LogP contribution in [0.3, 0.4) is 0 Å². The third-order valence-electron chi connectivity index (χ3n) is 7.42. The van der Waals surface area contributed by atoms with Gasteiger partial charge >= 0.3 is 24.4 Å². The number of esters is 1. The van der Waals surface area contributed by atoms with Crippen LogP contribution in [0, 0.1) is 0 Å². The number of unbranched alkanes of at least 4 members (excludes halogenated alkanes) is 16. The van der Waals surface area contributed by atoms with E-state index in [4.69, 9.17) is 9.47 Å². The molecule has 0 radical (unpaired) electrons. The van der Waals surface area contributed by atoms with Crippen LogP contribution < -0.4 is 0 Å². The molecule has 0 fully saturated rings. The summed E-state index contributed by atoms with van der Waals surface area (Å²) in [6, 6.07) is 0. The summed E-state index contributed by atoms with van der Waals surface area (Å²) in [7, 11) is 0. The van der Waals surface area contributed by atoms with Gasteiger partial charge in [0.2, 0.25) is 11.5 Å². The molecule has 42 heavy (non-hydrogen) atoms. The van der Waals surface area contributed by atoms with Crippen molar-refractivity contribution in [3.8, 4) is 0 Å². The molecule has 10 nitrogen and oxygen atoms in total. The molecule has 0 aromatic heterocycles. The number of nitrogens with zero attached hydrogens (tertiary/aromatic N) is 2. The van der Waals surface area contributed by atoms with Gasteiger partial charge in [-0.25, -0.2) is 14.4 Å². The Bertz CT molecular complexity index is 844. The predicted molar refractivity (Wildman–Crippen MR) is 163 cm³/mol. The van der Waals surface area contributed by atoms with Crippen LogP contribution in [0.25, 0.3) is 0 Å². The summed E-state index contributed by atoms with van der Waals surface area (Å²) in [6.45, 7) is 8.39. The van der Waals surface area contributed by atoms with Crippen molar-refractivity contribution in [3.05, 3.63) is 36.8 Å². The maximum absolute atomic E-state index is 12.9. The first-order valence-electron chi connectivity index (χ1n) is 15.8. The zero-order chi connectivity index (χ0) is 31.0. The molecular weight excluding hydrogens is 540 g/mol. The van der Waals surface area contributed by atoms with Crippen molar-refractivity contribution in [3.63, 3.8) is 0 Å². The summed E-state index contributed by atoms with van der Waals surface area (Å²) in [5, 5.41) is 29.0. The Hall–Kier alpha value is -3.17. The topological polar surface area (TPSA) is 137 Å². The van der Waals surface area contributed by atoms with Crippen LogP contribution in [0.5, 0.6) is 0 Å². The Labute approximate surface area is 252 Å². The second-order valence-electron chi connectivity index (χ2n) is 10.9. The molecule has 0 saturated carbocycles. The fourth-order valence-electron chi connectivity index (χ4n) is 4.81. The average molecular weight is 595 g/mol. The molecule has 0 aromatic rings. The number of ether oxygens (including phenoxy) is 2. The third kappa shape index (κ3) is 16.3. The molecule has 0 bridgehead atoms. The van der Waals surface area contributed by atoms with Gasteiger partial charge in [-0.3, -0.25) is 0 Å². The lowest BCUT2D eigenvalue weighted by atomic mass is 10.1. The first-order chi connectivity index (χ1) is 20.3. The number of cyclic esters (lactones) is 1. The first-order valence-corrected chi connectivity index (χ1v) is 15.8. The Balaban J connectivity index is 2.49. The molecule has 1 aliphatic heterocycles. The minimum atomic E-state index is -1.72. The smallest absolute Gasteiger partial charge is 0.413 e. The number of amides is 2. The second kappa shape index (κ2) is 23.4. The summed E-state index contributed by atoms with van der Waals surface area (Å²) < 4.78 is 9.82. The van der Waals surface area contributed by atoms with Gasteiger partial charge in [0.05, 0.1) is 0 Å². The lowest BCUT2D eigenvalue weighted by Gasteiger charge is -2.27. The summed E-state index contributed by atoms with van der Waals surface area (Å²) in [6.07, 6.45) is 19.5. The lowest BCUT2D eigenvalue weighted by Crippen LogP contribution is -2.42. The number of hydrogen-bond acceptors (Lipinski definition) is 7. The van der Waals surface area contributed by atoms with Gasteiger partial charge in [0.25, 0.3) is 0 Å². The van der Waals surface area contributed by atoms with E-state index in [2.05, 4.69) is 13.2 Å². The van der Waals surface area contributed by atoms with Crippen molar-refractivity contribution in [2.24, 2.45) is 0 Å². The van der Waals surface area contributed by atoms with Crippen LogP contribution >= 0.6 is 0 Å². The first kappa shape index (κ1) is 36.9. The van der Waals surface area contributed by atoms with Gasteiger partial charge in [0.1, 0.15) is 0 Å². The van der Waals surface area contributed by atoms with Crippen molar-refractivity contribution in [2.75, 3.05) is 26.2 Å². The molecule has 1 rings (SSSR count). The van der Waals surface area contributed by atoms with Crippen LogP contribution in [0.1, 0.15) is 116 Å². The van der Waals surface area contributed by atoms with Crippen molar-refractivity contribution in [2.45, 2.75) is 122 Å². The largest absolute Gasteiger partial charge is 0.503 e. The fraction of sp³-hybridized carbons (Fsp3) is 0.719. The minimum Gasteiger partial charge on any atom is -0.503 e. The Morgan fingerprint density at radius 3 is 1.50 bits per heavy atom. The highest BCUT2D eigenvalue weighted by molar-refractivity contribution is 5.89. The van der Waals surface area contributed by atoms with Gasteiger partial charge in [0.15, 0.2) is 0 Å². The van der Waals surface area contributed by atoms with E-state index in [1.165, 1.54) is 54.7 Å². The maximum Gasteiger partial charge on any atom is 0.413 e. The number of allylic oxidation sites excluding steroid dienone is 2. The van der Waals surface area contributed by atoms with E-state index < -0.39 is 36.0 Å². The third-order valence-corrected chi connectivity index (χ3v) is 7.42. The minimum absolute atomic E-state index is 0.0935. The number of aliphatic hydroxyl groups is 2. The molecule has 3 N–H and O–H groups in total. The van der Waals surface area contributed by atoms with Crippen molar-refractivity contribution < 1.29 is 39.2 Å². The van der Waals surface area contributed by atoms with Crippen LogP contribution in [-0.2, 0) is 14.3 Å². The molecule has 1 atom stereocenters. The van der Waals surface area contributed by atoms with E-state index in [1.54, 1.807) is 0 Å². The standard InChI is InChI=1S/C32H54N2O8/c1-3-5-7-9-11-13-15-17-19-21-23-33(31(38)39)25-26-34(24-22-20-18-16-14-12-10-8-6-4-2)32(40)42-30-28(36)27(35)29(37)41-30/h3-4,30,35-36H,1-2,5-26H2,(H,38,39). The van der Waals surface area contributed by atoms with E-state index in [1.807, 2.05) is 12.2 Å². The lowest BCUT2D eigenvalue weighted by molar-refractivity contribution is -0.157. The Morgan fingerprint density at radius 1 is 0.690 bits per heavy atom. The van der Waals surface area contributed by atoms with E-state index >= 15 is 0 Å². The van der Waals surface area contributed by atoms with Gasteiger partial charge in [-0.2, -0.15) is 0 Å². The van der Waals surface area contributed by atoms with Gasteiger partial charge in [-0.15, -0.1) is 13.2 Å². The number of aliphatic hydroxyl groups excluding tert-OH is 2. The molecule has 0 aromatic carbocycles. The summed E-state index contributed by atoms with van der Waals surface area (Å²) in [4.78, 5) is 38.9. The molecule has 240 valence electrons. The van der Waals surface area contributed by atoms with Crippen molar-refractivity contribution >= 4 is 18.2 Å². The number of carbonyl (C=O) groups is 3. The summed E-state index contributed by atoms with van der Waals surface area (Å²) in [5.74, 6) is -3.02. The SMILES string of the molecule is C=CCCCCCCCCCCN(CCN(CCCCCCCCCCC=C)C(=O)OC1OC(=O)C(O)=C1O)C(=O)O. The molecular formula is C32H54N2O8. The Morgan fingerprint density at radius 2 is 1.10 bits per heavy atom. The van der Waals surface area contributed by atoms with Crippen molar-refractivity contribution in [1.82, 2.24) is 9.80 Å². The second-order valence-corrected chi connectivity index (χ2v) is 10.9. The van der Waals surface area contributed by atoms with Gasteiger partial charge < -0.3 is 34.6 Å². The van der Waals surface area contributed by atoms with Gasteiger partial charge in [-0.05, 0) is 38.5 Å². The molecule has 1 unspecified atom stereocenters. The number of rotatable bonds is 26. The van der Waals surface area contributed by atoms with E-state index in [9.17, 15) is 29.7 Å². The predicted octanol–water partition coefficient (Wildman–Crippen LogP) is 8.01. The molecule has 1 aliphatic rings.